The van der Waals surface area contributed by atoms with Crippen LogP contribution in [0.3, 0.4) is 0 Å². The van der Waals surface area contributed by atoms with Crippen molar-refractivity contribution in [3.8, 4) is 11.8 Å². The fourth-order valence-electron chi connectivity index (χ4n) is 2.89. The number of nitrogens with zero attached hydrogens (tertiary/aromatic N) is 3. The van der Waals surface area contributed by atoms with Crippen molar-refractivity contribution >= 4 is 11.6 Å². The van der Waals surface area contributed by atoms with Gasteiger partial charge >= 0.3 is 0 Å². The third-order valence-electron chi connectivity index (χ3n) is 4.66. The van der Waals surface area contributed by atoms with Gasteiger partial charge in [-0.15, -0.1) is 5.10 Å². The molecule has 1 aliphatic heterocycles. The molecule has 2 heterocycles. The van der Waals surface area contributed by atoms with E-state index in [2.05, 4.69) is 36.0 Å². The molecule has 4 rings (SSSR count). The SMILES string of the molecule is CC1(C)COC(Cn2cc(Cc3cc(C#CC4CC4)ccc3Cl)nn2)OC1. The van der Waals surface area contributed by atoms with Crippen LogP contribution >= 0.6 is 11.6 Å². The molecule has 2 fully saturated rings. The number of benzene rings is 1. The number of hydrogen-bond acceptors (Lipinski definition) is 4. The summed E-state index contributed by atoms with van der Waals surface area (Å²) in [7, 11) is 0. The molecule has 1 saturated heterocycles. The number of rotatable bonds is 4. The summed E-state index contributed by atoms with van der Waals surface area (Å²) in [6, 6.07) is 5.92. The molecule has 1 aromatic heterocycles. The maximum atomic E-state index is 6.37. The van der Waals surface area contributed by atoms with Gasteiger partial charge < -0.3 is 9.47 Å². The molecule has 2 aliphatic rings. The first kappa shape index (κ1) is 18.5. The molecule has 5 nitrogen and oxygen atoms in total. The van der Waals surface area contributed by atoms with Gasteiger partial charge in [-0.25, -0.2) is 4.68 Å². The second-order valence-corrected chi connectivity index (χ2v) is 8.58. The number of halogens is 1. The summed E-state index contributed by atoms with van der Waals surface area (Å²) in [5, 5.41) is 9.19. The highest BCUT2D eigenvalue weighted by Crippen LogP contribution is 2.28. The van der Waals surface area contributed by atoms with Crippen LogP contribution in [-0.2, 0) is 22.4 Å². The molecule has 0 unspecified atom stereocenters. The Bertz CT molecular complexity index is 867. The summed E-state index contributed by atoms with van der Waals surface area (Å²) in [4.78, 5) is 0. The number of ether oxygens (including phenoxy) is 2. The molecule has 0 N–H and O–H groups in total. The van der Waals surface area contributed by atoms with Crippen molar-refractivity contribution in [2.24, 2.45) is 11.3 Å². The quantitative estimate of drug-likeness (QED) is 0.753. The lowest BCUT2D eigenvalue weighted by atomic mass is 9.96. The summed E-state index contributed by atoms with van der Waals surface area (Å²) < 4.78 is 13.3. The predicted molar refractivity (Wildman–Crippen MR) is 103 cm³/mol. The first-order chi connectivity index (χ1) is 13.0. The highest BCUT2D eigenvalue weighted by molar-refractivity contribution is 6.31. The highest BCUT2D eigenvalue weighted by atomic mass is 35.5. The fraction of sp³-hybridized carbons (Fsp3) is 0.524. The van der Waals surface area contributed by atoms with E-state index in [1.54, 1.807) is 4.68 Å². The van der Waals surface area contributed by atoms with Gasteiger partial charge in [0.2, 0.25) is 0 Å². The summed E-state index contributed by atoms with van der Waals surface area (Å²) in [6.07, 6.45) is 4.71. The van der Waals surface area contributed by atoms with Crippen molar-refractivity contribution in [2.75, 3.05) is 13.2 Å². The van der Waals surface area contributed by atoms with Crippen molar-refractivity contribution < 1.29 is 9.47 Å². The molecule has 1 aromatic carbocycles. The molecule has 0 bridgehead atoms. The van der Waals surface area contributed by atoms with Gasteiger partial charge in [0, 0.05) is 34.5 Å². The maximum Gasteiger partial charge on any atom is 0.177 e. The van der Waals surface area contributed by atoms with Crippen LogP contribution in [0.4, 0.5) is 0 Å². The van der Waals surface area contributed by atoms with Gasteiger partial charge in [0.1, 0.15) is 0 Å². The third kappa shape index (κ3) is 5.10. The van der Waals surface area contributed by atoms with E-state index in [1.807, 2.05) is 24.4 Å². The van der Waals surface area contributed by atoms with Crippen LogP contribution in [0.2, 0.25) is 5.02 Å². The normalized spacial score (nSPS) is 19.5. The molecule has 0 radical (unpaired) electrons. The van der Waals surface area contributed by atoms with Gasteiger partial charge in [0.05, 0.1) is 25.5 Å². The summed E-state index contributed by atoms with van der Waals surface area (Å²) in [6.45, 7) is 6.16. The van der Waals surface area contributed by atoms with E-state index in [0.717, 1.165) is 21.8 Å². The Kier molecular flexibility index (Phi) is 5.23. The van der Waals surface area contributed by atoms with Crippen molar-refractivity contribution in [2.45, 2.75) is 45.9 Å². The standard InChI is InChI=1S/C21H24ClN3O2/c1-21(2)13-26-20(27-14-21)12-25-11-18(23-24-25)10-17-9-16(7-8-19(17)22)6-5-15-3-4-15/h7-9,11,15,20H,3-4,10,12-14H2,1-2H3. The van der Waals surface area contributed by atoms with E-state index >= 15 is 0 Å². The number of hydrogen-bond donors (Lipinski definition) is 0. The Morgan fingerprint density at radius 1 is 1.26 bits per heavy atom. The van der Waals surface area contributed by atoms with Gasteiger partial charge in [0.15, 0.2) is 6.29 Å². The Hall–Kier alpha value is -1.87. The van der Waals surface area contributed by atoms with Gasteiger partial charge in [-0.05, 0) is 36.6 Å². The van der Waals surface area contributed by atoms with E-state index in [0.29, 0.717) is 32.1 Å². The van der Waals surface area contributed by atoms with E-state index in [9.17, 15) is 0 Å². The van der Waals surface area contributed by atoms with Gasteiger partial charge in [-0.3, -0.25) is 0 Å². The Morgan fingerprint density at radius 3 is 2.78 bits per heavy atom. The molecule has 27 heavy (non-hydrogen) atoms. The van der Waals surface area contributed by atoms with Gasteiger partial charge in [0.25, 0.3) is 0 Å². The van der Waals surface area contributed by atoms with Crippen molar-refractivity contribution in [1.82, 2.24) is 15.0 Å². The average Bonchev–Trinajstić information content (AvgIpc) is 3.37. The van der Waals surface area contributed by atoms with Crippen LogP contribution in [-0.4, -0.2) is 34.5 Å². The molecule has 0 spiro atoms. The van der Waals surface area contributed by atoms with Crippen LogP contribution in [0, 0.1) is 23.2 Å². The molecule has 142 valence electrons. The average molecular weight is 386 g/mol. The molecular weight excluding hydrogens is 362 g/mol. The molecular formula is C21H24ClN3O2. The van der Waals surface area contributed by atoms with E-state index in [1.165, 1.54) is 12.8 Å². The third-order valence-corrected chi connectivity index (χ3v) is 5.03. The summed E-state index contributed by atoms with van der Waals surface area (Å²) >= 11 is 6.37. The second kappa shape index (κ2) is 7.63. The summed E-state index contributed by atoms with van der Waals surface area (Å²) in [5.74, 6) is 7.11. The van der Waals surface area contributed by atoms with Gasteiger partial charge in [-0.2, -0.15) is 0 Å². The smallest absolute Gasteiger partial charge is 0.177 e. The molecule has 0 amide bonds. The lowest BCUT2D eigenvalue weighted by molar-refractivity contribution is -0.227. The minimum absolute atomic E-state index is 0.0637. The van der Waals surface area contributed by atoms with Crippen molar-refractivity contribution in [3.63, 3.8) is 0 Å². The van der Waals surface area contributed by atoms with Crippen LogP contribution in [0.25, 0.3) is 0 Å². The molecule has 2 aromatic rings. The first-order valence-corrected chi connectivity index (χ1v) is 9.77. The molecule has 0 atom stereocenters. The summed E-state index contributed by atoms with van der Waals surface area (Å²) in [5.41, 5.74) is 2.94. The zero-order valence-corrected chi connectivity index (χ0v) is 16.5. The molecule has 1 aliphatic carbocycles. The van der Waals surface area contributed by atoms with E-state index < -0.39 is 0 Å². The predicted octanol–water partition coefficient (Wildman–Crippen LogP) is 3.68. The zero-order valence-electron chi connectivity index (χ0n) is 15.7. The topological polar surface area (TPSA) is 49.2 Å². The largest absolute Gasteiger partial charge is 0.350 e. The fourth-order valence-corrected chi connectivity index (χ4v) is 3.07. The second-order valence-electron chi connectivity index (χ2n) is 8.17. The molecule has 6 heteroatoms. The van der Waals surface area contributed by atoms with E-state index in [4.69, 9.17) is 21.1 Å². The maximum absolute atomic E-state index is 6.37. The van der Waals surface area contributed by atoms with Crippen LogP contribution in [0.5, 0.6) is 0 Å². The van der Waals surface area contributed by atoms with E-state index in [-0.39, 0.29) is 11.7 Å². The minimum atomic E-state index is -0.280. The highest BCUT2D eigenvalue weighted by Gasteiger charge is 2.28. The van der Waals surface area contributed by atoms with Gasteiger partial charge in [-0.1, -0.05) is 42.5 Å². The van der Waals surface area contributed by atoms with Crippen molar-refractivity contribution in [1.29, 1.82) is 0 Å². The van der Waals surface area contributed by atoms with Crippen LogP contribution < -0.4 is 0 Å². The molecule has 1 saturated carbocycles. The minimum Gasteiger partial charge on any atom is -0.350 e. The lowest BCUT2D eigenvalue weighted by Gasteiger charge is -2.34. The Labute approximate surface area is 165 Å². The van der Waals surface area contributed by atoms with Crippen LogP contribution in [0.15, 0.2) is 24.4 Å². The van der Waals surface area contributed by atoms with Crippen molar-refractivity contribution in [3.05, 3.63) is 46.2 Å². The van der Waals surface area contributed by atoms with Crippen LogP contribution in [0.1, 0.15) is 43.5 Å². The number of aromatic nitrogens is 3. The first-order valence-electron chi connectivity index (χ1n) is 9.39. The Balaban J connectivity index is 1.39. The zero-order chi connectivity index (χ0) is 18.9. The lowest BCUT2D eigenvalue weighted by Crippen LogP contribution is -2.39. The monoisotopic (exact) mass is 385 g/mol. The Morgan fingerprint density at radius 2 is 2.04 bits per heavy atom.